The summed E-state index contributed by atoms with van der Waals surface area (Å²) in [7, 11) is 3.80. The average molecular weight is 235 g/mol. The number of nitrogens with zero attached hydrogens (tertiary/aromatic N) is 1. The summed E-state index contributed by atoms with van der Waals surface area (Å²) in [5.41, 5.74) is 7.53. The SMILES string of the molecule is CN(C)c1ccc(N)cc1C(=O)NC(C)(C)C. The van der Waals surface area contributed by atoms with Crippen LogP contribution in [0.25, 0.3) is 0 Å². The van der Waals surface area contributed by atoms with Crippen molar-refractivity contribution in [3.05, 3.63) is 23.8 Å². The molecule has 0 fully saturated rings. The van der Waals surface area contributed by atoms with Crippen LogP contribution in [0.2, 0.25) is 0 Å². The van der Waals surface area contributed by atoms with Crippen LogP contribution in [0.15, 0.2) is 18.2 Å². The lowest BCUT2D eigenvalue weighted by molar-refractivity contribution is 0.0920. The zero-order valence-corrected chi connectivity index (χ0v) is 11.2. The molecule has 0 heterocycles. The standard InChI is InChI=1S/C13H21N3O/c1-13(2,3)15-12(17)10-8-9(14)6-7-11(10)16(4)5/h6-8H,14H2,1-5H3,(H,15,17). The van der Waals surface area contributed by atoms with Gasteiger partial charge in [-0.15, -0.1) is 0 Å². The van der Waals surface area contributed by atoms with Gasteiger partial charge in [0, 0.05) is 31.0 Å². The number of hydrogen-bond acceptors (Lipinski definition) is 3. The molecule has 94 valence electrons. The number of rotatable bonds is 2. The Bertz CT molecular complexity index is 419. The number of nitrogens with one attached hydrogen (secondary N) is 1. The van der Waals surface area contributed by atoms with E-state index in [-0.39, 0.29) is 11.4 Å². The lowest BCUT2D eigenvalue weighted by Crippen LogP contribution is -2.41. The van der Waals surface area contributed by atoms with E-state index in [1.807, 2.05) is 45.8 Å². The fourth-order valence-corrected chi connectivity index (χ4v) is 1.53. The van der Waals surface area contributed by atoms with Gasteiger partial charge in [-0.1, -0.05) is 0 Å². The van der Waals surface area contributed by atoms with Crippen molar-refractivity contribution in [2.75, 3.05) is 24.7 Å². The molecule has 0 aromatic heterocycles. The van der Waals surface area contributed by atoms with Crippen molar-refractivity contribution >= 4 is 17.3 Å². The van der Waals surface area contributed by atoms with Crippen LogP contribution in [0.4, 0.5) is 11.4 Å². The van der Waals surface area contributed by atoms with Crippen molar-refractivity contribution in [3.8, 4) is 0 Å². The summed E-state index contributed by atoms with van der Waals surface area (Å²) >= 11 is 0. The first-order valence-electron chi connectivity index (χ1n) is 5.60. The molecule has 0 saturated carbocycles. The van der Waals surface area contributed by atoms with Crippen LogP contribution in [0.5, 0.6) is 0 Å². The molecule has 0 aliphatic rings. The van der Waals surface area contributed by atoms with Crippen molar-refractivity contribution in [2.45, 2.75) is 26.3 Å². The Labute approximate surface area is 103 Å². The van der Waals surface area contributed by atoms with Crippen LogP contribution in [0, 0.1) is 0 Å². The Hall–Kier alpha value is -1.71. The maximum Gasteiger partial charge on any atom is 0.253 e. The minimum atomic E-state index is -0.259. The van der Waals surface area contributed by atoms with E-state index < -0.39 is 0 Å². The van der Waals surface area contributed by atoms with Crippen LogP contribution in [0.3, 0.4) is 0 Å². The molecule has 4 heteroatoms. The molecule has 1 aromatic rings. The maximum absolute atomic E-state index is 12.1. The quantitative estimate of drug-likeness (QED) is 0.769. The van der Waals surface area contributed by atoms with Crippen molar-refractivity contribution in [1.29, 1.82) is 0 Å². The van der Waals surface area contributed by atoms with Crippen LogP contribution < -0.4 is 16.0 Å². The monoisotopic (exact) mass is 235 g/mol. The van der Waals surface area contributed by atoms with Crippen LogP contribution in [0.1, 0.15) is 31.1 Å². The molecule has 0 atom stereocenters. The van der Waals surface area contributed by atoms with Gasteiger partial charge in [-0.05, 0) is 39.0 Å². The molecule has 0 bridgehead atoms. The van der Waals surface area contributed by atoms with Crippen molar-refractivity contribution < 1.29 is 4.79 Å². The van der Waals surface area contributed by atoms with E-state index in [2.05, 4.69) is 5.32 Å². The number of anilines is 2. The van der Waals surface area contributed by atoms with E-state index in [0.29, 0.717) is 11.3 Å². The van der Waals surface area contributed by atoms with Gasteiger partial charge in [-0.25, -0.2) is 0 Å². The third-order valence-corrected chi connectivity index (χ3v) is 2.24. The highest BCUT2D eigenvalue weighted by molar-refractivity contribution is 6.01. The van der Waals surface area contributed by atoms with E-state index in [9.17, 15) is 4.79 Å². The minimum absolute atomic E-state index is 0.103. The summed E-state index contributed by atoms with van der Waals surface area (Å²) < 4.78 is 0. The smallest absolute Gasteiger partial charge is 0.253 e. The van der Waals surface area contributed by atoms with Gasteiger partial charge < -0.3 is 16.0 Å². The van der Waals surface area contributed by atoms with Gasteiger partial charge in [0.2, 0.25) is 0 Å². The van der Waals surface area contributed by atoms with E-state index in [0.717, 1.165) is 5.69 Å². The van der Waals surface area contributed by atoms with E-state index in [4.69, 9.17) is 5.73 Å². The summed E-state index contributed by atoms with van der Waals surface area (Å²) in [4.78, 5) is 14.0. The Kier molecular flexibility index (Phi) is 3.66. The zero-order valence-electron chi connectivity index (χ0n) is 11.2. The highest BCUT2D eigenvalue weighted by Crippen LogP contribution is 2.21. The summed E-state index contributed by atoms with van der Waals surface area (Å²) in [6.45, 7) is 5.85. The Morgan fingerprint density at radius 1 is 1.29 bits per heavy atom. The van der Waals surface area contributed by atoms with Crippen LogP contribution in [-0.4, -0.2) is 25.5 Å². The minimum Gasteiger partial charge on any atom is -0.399 e. The number of benzene rings is 1. The normalized spacial score (nSPS) is 11.1. The number of carbonyl (C=O) groups is 1. The molecule has 0 aliphatic heterocycles. The fourth-order valence-electron chi connectivity index (χ4n) is 1.53. The number of hydrogen-bond donors (Lipinski definition) is 2. The first kappa shape index (κ1) is 13.4. The van der Waals surface area contributed by atoms with Gasteiger partial charge in [-0.2, -0.15) is 0 Å². The Balaban J connectivity index is 3.11. The molecule has 1 rings (SSSR count). The predicted molar refractivity (Wildman–Crippen MR) is 72.4 cm³/mol. The van der Waals surface area contributed by atoms with E-state index in [1.165, 1.54) is 0 Å². The largest absolute Gasteiger partial charge is 0.399 e. The van der Waals surface area contributed by atoms with Crippen molar-refractivity contribution in [3.63, 3.8) is 0 Å². The lowest BCUT2D eigenvalue weighted by Gasteiger charge is -2.23. The molecule has 1 aromatic carbocycles. The van der Waals surface area contributed by atoms with Crippen molar-refractivity contribution in [2.24, 2.45) is 0 Å². The second kappa shape index (κ2) is 4.65. The molecule has 1 amide bonds. The fraction of sp³-hybridized carbons (Fsp3) is 0.462. The third-order valence-electron chi connectivity index (χ3n) is 2.24. The highest BCUT2D eigenvalue weighted by atomic mass is 16.1. The summed E-state index contributed by atoms with van der Waals surface area (Å²) in [6.07, 6.45) is 0. The topological polar surface area (TPSA) is 58.4 Å². The lowest BCUT2D eigenvalue weighted by atomic mass is 10.1. The van der Waals surface area contributed by atoms with E-state index >= 15 is 0 Å². The van der Waals surface area contributed by atoms with Gasteiger partial charge >= 0.3 is 0 Å². The molecular formula is C13H21N3O. The number of nitrogen functional groups attached to an aromatic ring is 1. The molecule has 0 radical (unpaired) electrons. The number of amides is 1. The number of carbonyl (C=O) groups excluding carboxylic acids is 1. The van der Waals surface area contributed by atoms with Crippen LogP contribution in [-0.2, 0) is 0 Å². The molecule has 0 unspecified atom stereocenters. The summed E-state index contributed by atoms with van der Waals surface area (Å²) in [5.74, 6) is -0.103. The zero-order chi connectivity index (χ0) is 13.2. The molecule has 4 nitrogen and oxygen atoms in total. The van der Waals surface area contributed by atoms with Crippen LogP contribution >= 0.6 is 0 Å². The average Bonchev–Trinajstić information content (AvgIpc) is 2.14. The Morgan fingerprint density at radius 2 is 1.88 bits per heavy atom. The van der Waals surface area contributed by atoms with Gasteiger partial charge in [0.1, 0.15) is 0 Å². The molecule has 17 heavy (non-hydrogen) atoms. The second-order valence-corrected chi connectivity index (χ2v) is 5.38. The summed E-state index contributed by atoms with van der Waals surface area (Å²) in [5, 5.41) is 2.94. The van der Waals surface area contributed by atoms with E-state index in [1.54, 1.807) is 12.1 Å². The highest BCUT2D eigenvalue weighted by Gasteiger charge is 2.18. The molecule has 0 saturated heterocycles. The predicted octanol–water partition coefficient (Wildman–Crippen LogP) is 1.86. The van der Waals surface area contributed by atoms with Gasteiger partial charge in [0.25, 0.3) is 5.91 Å². The van der Waals surface area contributed by atoms with Crippen molar-refractivity contribution in [1.82, 2.24) is 5.32 Å². The maximum atomic E-state index is 12.1. The molecule has 3 N–H and O–H groups in total. The Morgan fingerprint density at radius 3 is 2.35 bits per heavy atom. The molecule has 0 aliphatic carbocycles. The van der Waals surface area contributed by atoms with Gasteiger partial charge in [-0.3, -0.25) is 4.79 Å². The van der Waals surface area contributed by atoms with Gasteiger partial charge in [0.15, 0.2) is 0 Å². The number of nitrogens with two attached hydrogens (primary N) is 1. The molecular weight excluding hydrogens is 214 g/mol. The third kappa shape index (κ3) is 3.66. The first-order chi connectivity index (χ1) is 7.70. The second-order valence-electron chi connectivity index (χ2n) is 5.38. The summed E-state index contributed by atoms with van der Waals surface area (Å²) in [6, 6.07) is 5.35. The van der Waals surface area contributed by atoms with Gasteiger partial charge in [0.05, 0.1) is 5.56 Å². The molecule has 0 spiro atoms. The first-order valence-corrected chi connectivity index (χ1v) is 5.60.